The molecule has 114 valence electrons. The summed E-state index contributed by atoms with van der Waals surface area (Å²) in [6, 6.07) is -0.222. The lowest BCUT2D eigenvalue weighted by molar-refractivity contribution is -0.129. The largest absolute Gasteiger partial charge is 0.337 e. The minimum atomic E-state index is -0.594. The van der Waals surface area contributed by atoms with Crippen LogP contribution in [-0.4, -0.2) is 38.5 Å². The van der Waals surface area contributed by atoms with Gasteiger partial charge in [-0.3, -0.25) is 10.1 Å². The van der Waals surface area contributed by atoms with Crippen molar-refractivity contribution in [2.24, 2.45) is 5.92 Å². The first-order valence-corrected chi connectivity index (χ1v) is 7.70. The Labute approximate surface area is 124 Å². The van der Waals surface area contributed by atoms with Gasteiger partial charge in [0.25, 0.3) is 5.91 Å². The lowest BCUT2D eigenvalue weighted by atomic mass is 9.75. The Morgan fingerprint density at radius 2 is 2.29 bits per heavy atom. The van der Waals surface area contributed by atoms with Crippen molar-refractivity contribution in [2.45, 2.75) is 51.1 Å². The van der Waals surface area contributed by atoms with Crippen LogP contribution < -0.4 is 5.32 Å². The Bertz CT molecular complexity index is 528. The van der Waals surface area contributed by atoms with E-state index in [9.17, 15) is 9.59 Å². The number of nitrogens with zero attached hydrogens (tertiary/aromatic N) is 3. The minimum Gasteiger partial charge on any atom is -0.337 e. The fourth-order valence-corrected chi connectivity index (χ4v) is 3.72. The molecule has 6 heteroatoms. The summed E-state index contributed by atoms with van der Waals surface area (Å²) in [4.78, 5) is 30.2. The molecule has 1 aliphatic carbocycles. The monoisotopic (exact) mass is 290 g/mol. The smallest absolute Gasteiger partial charge is 0.325 e. The SMILES string of the molecule is CC1CCCC2(C1)C(=O)NC(=O)N2CCCn1ccnc1. The van der Waals surface area contributed by atoms with E-state index in [-0.39, 0.29) is 11.9 Å². The van der Waals surface area contributed by atoms with Crippen LogP contribution >= 0.6 is 0 Å². The molecule has 1 saturated heterocycles. The van der Waals surface area contributed by atoms with Crippen molar-refractivity contribution in [2.75, 3.05) is 6.54 Å². The van der Waals surface area contributed by atoms with Crippen LogP contribution in [0, 0.1) is 5.92 Å². The summed E-state index contributed by atoms with van der Waals surface area (Å²) in [6.45, 7) is 3.59. The third-order valence-corrected chi connectivity index (χ3v) is 4.74. The van der Waals surface area contributed by atoms with Gasteiger partial charge in [0.05, 0.1) is 6.33 Å². The highest BCUT2D eigenvalue weighted by Crippen LogP contribution is 2.39. The second-order valence-electron chi connectivity index (χ2n) is 6.30. The van der Waals surface area contributed by atoms with Crippen LogP contribution in [0.25, 0.3) is 0 Å². The molecule has 1 aromatic heterocycles. The van der Waals surface area contributed by atoms with Crippen LogP contribution in [0.2, 0.25) is 0 Å². The van der Waals surface area contributed by atoms with Crippen molar-refractivity contribution in [1.29, 1.82) is 0 Å². The van der Waals surface area contributed by atoms with E-state index in [0.717, 1.165) is 38.6 Å². The van der Waals surface area contributed by atoms with Gasteiger partial charge in [0.2, 0.25) is 0 Å². The first kappa shape index (κ1) is 14.1. The van der Waals surface area contributed by atoms with Gasteiger partial charge >= 0.3 is 6.03 Å². The lowest BCUT2D eigenvalue weighted by Gasteiger charge is -2.40. The Hall–Kier alpha value is -1.85. The van der Waals surface area contributed by atoms with Crippen LogP contribution in [0.4, 0.5) is 4.79 Å². The predicted molar refractivity (Wildman–Crippen MR) is 77.5 cm³/mol. The fourth-order valence-electron chi connectivity index (χ4n) is 3.72. The summed E-state index contributed by atoms with van der Waals surface area (Å²) >= 11 is 0. The van der Waals surface area contributed by atoms with Gasteiger partial charge in [0, 0.05) is 25.5 Å². The molecular formula is C15H22N4O2. The second kappa shape index (κ2) is 5.50. The molecule has 2 atom stereocenters. The van der Waals surface area contributed by atoms with Gasteiger partial charge in [-0.15, -0.1) is 0 Å². The molecule has 6 nitrogen and oxygen atoms in total. The maximum absolute atomic E-state index is 12.3. The first-order valence-electron chi connectivity index (χ1n) is 7.70. The quantitative estimate of drug-likeness (QED) is 0.859. The number of rotatable bonds is 4. The number of carbonyl (C=O) groups excluding carboxylic acids is 2. The van der Waals surface area contributed by atoms with Crippen molar-refractivity contribution in [1.82, 2.24) is 19.8 Å². The average molecular weight is 290 g/mol. The maximum atomic E-state index is 12.3. The molecule has 1 saturated carbocycles. The first-order chi connectivity index (χ1) is 10.1. The van der Waals surface area contributed by atoms with Crippen LogP contribution in [0.15, 0.2) is 18.7 Å². The molecule has 1 aliphatic heterocycles. The van der Waals surface area contributed by atoms with Crippen LogP contribution in [0.3, 0.4) is 0 Å². The summed E-state index contributed by atoms with van der Waals surface area (Å²) in [5.74, 6) is 0.397. The van der Waals surface area contributed by atoms with Gasteiger partial charge < -0.3 is 9.47 Å². The number of hydrogen-bond donors (Lipinski definition) is 1. The zero-order chi connectivity index (χ0) is 14.9. The van der Waals surface area contributed by atoms with Gasteiger partial charge in [-0.25, -0.2) is 9.78 Å². The van der Waals surface area contributed by atoms with Gasteiger partial charge in [0.15, 0.2) is 0 Å². The molecule has 0 aromatic carbocycles. The molecule has 0 radical (unpaired) electrons. The highest BCUT2D eigenvalue weighted by atomic mass is 16.2. The average Bonchev–Trinajstić information content (AvgIpc) is 3.02. The highest BCUT2D eigenvalue weighted by Gasteiger charge is 2.53. The summed E-state index contributed by atoms with van der Waals surface area (Å²) in [5, 5.41) is 2.52. The van der Waals surface area contributed by atoms with Crippen molar-refractivity contribution >= 4 is 11.9 Å². The molecule has 1 N–H and O–H groups in total. The topological polar surface area (TPSA) is 67.2 Å². The number of imide groups is 1. The number of urea groups is 1. The third-order valence-electron chi connectivity index (χ3n) is 4.74. The van der Waals surface area contributed by atoms with Crippen LogP contribution in [0.1, 0.15) is 39.0 Å². The number of hydrogen-bond acceptors (Lipinski definition) is 3. The van der Waals surface area contributed by atoms with E-state index in [1.807, 2.05) is 10.8 Å². The Morgan fingerprint density at radius 3 is 3.00 bits per heavy atom. The highest BCUT2D eigenvalue weighted by molar-refractivity contribution is 6.07. The van der Waals surface area contributed by atoms with Crippen molar-refractivity contribution < 1.29 is 9.59 Å². The standard InChI is InChI=1S/C15H22N4O2/c1-12-4-2-5-15(10-12)13(20)17-14(21)19(15)8-3-7-18-9-6-16-11-18/h6,9,11-12H,2-5,7-8,10H2,1H3,(H,17,20,21). The molecule has 0 bridgehead atoms. The van der Waals surface area contributed by atoms with Gasteiger partial charge in [-0.05, 0) is 25.2 Å². The Kier molecular flexibility index (Phi) is 3.69. The molecule has 1 aromatic rings. The summed E-state index contributed by atoms with van der Waals surface area (Å²) in [5.41, 5.74) is -0.594. The second-order valence-corrected chi connectivity index (χ2v) is 6.30. The van der Waals surface area contributed by atoms with Crippen molar-refractivity contribution in [3.8, 4) is 0 Å². The molecule has 21 heavy (non-hydrogen) atoms. The van der Waals surface area contributed by atoms with E-state index in [1.165, 1.54) is 0 Å². The Morgan fingerprint density at radius 1 is 1.43 bits per heavy atom. The number of imidazole rings is 1. The van der Waals surface area contributed by atoms with E-state index >= 15 is 0 Å². The molecule has 1 spiro atoms. The number of amides is 3. The lowest BCUT2D eigenvalue weighted by Crippen LogP contribution is -2.52. The molecule has 2 unspecified atom stereocenters. The van der Waals surface area contributed by atoms with Gasteiger partial charge in [0.1, 0.15) is 5.54 Å². The van der Waals surface area contributed by atoms with Crippen LogP contribution in [0.5, 0.6) is 0 Å². The van der Waals surface area contributed by atoms with Crippen molar-refractivity contribution in [3.05, 3.63) is 18.7 Å². The summed E-state index contributed by atoms with van der Waals surface area (Å²) < 4.78 is 1.99. The molecule has 3 rings (SSSR count). The number of aryl methyl sites for hydroxylation is 1. The van der Waals surface area contributed by atoms with Gasteiger partial charge in [-0.1, -0.05) is 19.8 Å². The minimum absolute atomic E-state index is 0.0957. The summed E-state index contributed by atoms with van der Waals surface area (Å²) in [7, 11) is 0. The molecule has 3 amide bonds. The van der Waals surface area contributed by atoms with E-state index in [4.69, 9.17) is 0 Å². The van der Waals surface area contributed by atoms with E-state index in [1.54, 1.807) is 17.4 Å². The zero-order valence-corrected chi connectivity index (χ0v) is 12.4. The number of aromatic nitrogens is 2. The molecule has 2 fully saturated rings. The fraction of sp³-hybridized carbons (Fsp3) is 0.667. The Balaban J connectivity index is 1.68. The molecule has 2 heterocycles. The van der Waals surface area contributed by atoms with E-state index in [0.29, 0.717) is 12.5 Å². The molecular weight excluding hydrogens is 268 g/mol. The molecule has 2 aliphatic rings. The third kappa shape index (κ3) is 2.54. The van der Waals surface area contributed by atoms with E-state index in [2.05, 4.69) is 17.2 Å². The predicted octanol–water partition coefficient (Wildman–Crippen LogP) is 1.77. The number of nitrogens with one attached hydrogen (secondary N) is 1. The normalized spacial score (nSPS) is 29.2. The van der Waals surface area contributed by atoms with Crippen LogP contribution in [-0.2, 0) is 11.3 Å². The zero-order valence-electron chi connectivity index (χ0n) is 12.4. The van der Waals surface area contributed by atoms with Crippen molar-refractivity contribution in [3.63, 3.8) is 0 Å². The summed E-state index contributed by atoms with van der Waals surface area (Å²) in [6.07, 6.45) is 9.99. The maximum Gasteiger partial charge on any atom is 0.325 e. The number of carbonyl (C=O) groups is 2. The van der Waals surface area contributed by atoms with Gasteiger partial charge in [-0.2, -0.15) is 0 Å². The van der Waals surface area contributed by atoms with E-state index < -0.39 is 5.54 Å².